The Kier molecular flexibility index (Phi) is 5.32. The number of ether oxygens (including phenoxy) is 1. The molecule has 3 aromatic heterocycles. The minimum Gasteiger partial charge on any atom is -0.496 e. The minimum atomic E-state index is -0.0745. The summed E-state index contributed by atoms with van der Waals surface area (Å²) in [7, 11) is 1.69. The predicted molar refractivity (Wildman–Crippen MR) is 127 cm³/mol. The van der Waals surface area contributed by atoms with Crippen molar-refractivity contribution < 1.29 is 4.74 Å². The van der Waals surface area contributed by atoms with Crippen LogP contribution in [0.4, 0.5) is 0 Å². The van der Waals surface area contributed by atoms with Gasteiger partial charge in [0.2, 0.25) is 0 Å². The number of aromatic amines is 1. The van der Waals surface area contributed by atoms with Gasteiger partial charge in [-0.2, -0.15) is 5.10 Å². The summed E-state index contributed by atoms with van der Waals surface area (Å²) in [5.74, 6) is 0.851. The highest BCUT2D eigenvalue weighted by Gasteiger charge is 2.24. The van der Waals surface area contributed by atoms with E-state index in [4.69, 9.17) is 9.72 Å². The van der Waals surface area contributed by atoms with E-state index in [1.807, 2.05) is 29.1 Å². The van der Waals surface area contributed by atoms with Crippen LogP contribution in [0.3, 0.4) is 0 Å². The van der Waals surface area contributed by atoms with Crippen LogP contribution in [-0.4, -0.2) is 42.9 Å². The van der Waals surface area contributed by atoms with E-state index in [0.717, 1.165) is 47.8 Å². The highest BCUT2D eigenvalue weighted by Crippen LogP contribution is 2.25. The molecule has 172 valence electrons. The second-order valence-electron chi connectivity index (χ2n) is 9.77. The van der Waals surface area contributed by atoms with Crippen LogP contribution in [0, 0.1) is 0 Å². The maximum Gasteiger partial charge on any atom is 0.277 e. The molecule has 1 aliphatic heterocycles. The second-order valence-corrected chi connectivity index (χ2v) is 9.77. The summed E-state index contributed by atoms with van der Waals surface area (Å²) in [5.41, 5.74) is 5.62. The van der Waals surface area contributed by atoms with Crippen molar-refractivity contribution in [1.82, 2.24) is 29.3 Å². The fourth-order valence-electron chi connectivity index (χ4n) is 4.44. The highest BCUT2D eigenvalue weighted by molar-refractivity contribution is 5.44. The normalized spacial score (nSPS) is 14.5. The first-order chi connectivity index (χ1) is 15.8. The Labute approximate surface area is 192 Å². The van der Waals surface area contributed by atoms with Crippen molar-refractivity contribution >= 4 is 5.65 Å². The molecule has 8 nitrogen and oxygen atoms in total. The molecule has 0 aliphatic carbocycles. The SMILES string of the molecule is COc1ccc(CN2CCc3nc4cc(C(C)(C)C)[nH]n4c(=O)c3C2)cc1Cn1cccn1. The molecule has 0 amide bonds. The fourth-order valence-corrected chi connectivity index (χ4v) is 4.44. The van der Waals surface area contributed by atoms with E-state index >= 15 is 0 Å². The molecule has 0 fully saturated rings. The largest absolute Gasteiger partial charge is 0.496 e. The van der Waals surface area contributed by atoms with Gasteiger partial charge in [-0.15, -0.1) is 0 Å². The second kappa shape index (κ2) is 8.19. The van der Waals surface area contributed by atoms with Crippen molar-refractivity contribution in [1.29, 1.82) is 0 Å². The smallest absolute Gasteiger partial charge is 0.277 e. The van der Waals surface area contributed by atoms with Crippen molar-refractivity contribution in [3.05, 3.63) is 81.2 Å². The van der Waals surface area contributed by atoms with Crippen LogP contribution in [0.25, 0.3) is 5.65 Å². The van der Waals surface area contributed by atoms with Crippen LogP contribution in [0.5, 0.6) is 5.75 Å². The number of hydrogen-bond donors (Lipinski definition) is 1. The zero-order valence-corrected chi connectivity index (χ0v) is 19.6. The molecule has 0 atom stereocenters. The molecule has 4 heterocycles. The third-order valence-electron chi connectivity index (χ3n) is 6.29. The van der Waals surface area contributed by atoms with E-state index in [1.165, 1.54) is 5.56 Å². The lowest BCUT2D eigenvalue weighted by molar-refractivity contribution is 0.241. The molecule has 0 spiro atoms. The van der Waals surface area contributed by atoms with Crippen molar-refractivity contribution in [3.8, 4) is 5.75 Å². The summed E-state index contributed by atoms with van der Waals surface area (Å²) < 4.78 is 9.04. The van der Waals surface area contributed by atoms with E-state index in [-0.39, 0.29) is 11.0 Å². The summed E-state index contributed by atoms with van der Waals surface area (Å²) in [6.07, 6.45) is 4.49. The van der Waals surface area contributed by atoms with Gasteiger partial charge in [0.25, 0.3) is 5.56 Å². The molecule has 8 heteroatoms. The van der Waals surface area contributed by atoms with Crippen molar-refractivity contribution in [2.45, 2.75) is 52.2 Å². The monoisotopic (exact) mass is 446 g/mol. The number of nitrogens with zero attached hydrogens (tertiary/aromatic N) is 5. The summed E-state index contributed by atoms with van der Waals surface area (Å²) >= 11 is 0. The lowest BCUT2D eigenvalue weighted by atomic mass is 9.93. The average Bonchev–Trinajstić information content (AvgIpc) is 3.44. The molecule has 1 aromatic carbocycles. The first-order valence-electron chi connectivity index (χ1n) is 11.3. The van der Waals surface area contributed by atoms with E-state index < -0.39 is 0 Å². The van der Waals surface area contributed by atoms with Gasteiger partial charge in [-0.1, -0.05) is 26.8 Å². The fraction of sp³-hybridized carbons (Fsp3) is 0.400. The molecule has 0 bridgehead atoms. The third-order valence-corrected chi connectivity index (χ3v) is 6.29. The van der Waals surface area contributed by atoms with Gasteiger partial charge in [0.05, 0.1) is 24.9 Å². The van der Waals surface area contributed by atoms with Crippen LogP contribution in [0.1, 0.15) is 48.8 Å². The quantitative estimate of drug-likeness (QED) is 0.510. The molecule has 0 radical (unpaired) electrons. The number of rotatable bonds is 5. The number of aromatic nitrogens is 5. The number of H-pyrrole nitrogens is 1. The Morgan fingerprint density at radius 3 is 2.76 bits per heavy atom. The van der Waals surface area contributed by atoms with Gasteiger partial charge in [-0.25, -0.2) is 9.50 Å². The van der Waals surface area contributed by atoms with Gasteiger partial charge in [0, 0.05) is 61.2 Å². The number of methoxy groups -OCH3 is 1. The van der Waals surface area contributed by atoms with E-state index in [0.29, 0.717) is 18.7 Å². The molecule has 5 rings (SSSR count). The van der Waals surface area contributed by atoms with E-state index in [9.17, 15) is 4.79 Å². The Morgan fingerprint density at radius 1 is 1.18 bits per heavy atom. The highest BCUT2D eigenvalue weighted by atomic mass is 16.5. The van der Waals surface area contributed by atoms with Gasteiger partial charge in [-0.05, 0) is 23.8 Å². The topological polar surface area (TPSA) is 80.5 Å². The average molecular weight is 447 g/mol. The molecule has 1 aliphatic rings. The van der Waals surface area contributed by atoms with Crippen LogP contribution in [0.15, 0.2) is 47.5 Å². The van der Waals surface area contributed by atoms with Crippen LogP contribution < -0.4 is 10.3 Å². The van der Waals surface area contributed by atoms with Crippen molar-refractivity contribution in [3.63, 3.8) is 0 Å². The first kappa shape index (κ1) is 21.5. The summed E-state index contributed by atoms with van der Waals surface area (Å²) in [5, 5.41) is 7.57. The van der Waals surface area contributed by atoms with Gasteiger partial charge < -0.3 is 4.74 Å². The van der Waals surface area contributed by atoms with Crippen LogP contribution >= 0.6 is 0 Å². The third kappa shape index (κ3) is 4.18. The zero-order chi connectivity index (χ0) is 23.2. The Bertz CT molecular complexity index is 1340. The molecule has 0 unspecified atom stereocenters. The number of fused-ring (bicyclic) bond motifs is 2. The summed E-state index contributed by atoms with van der Waals surface area (Å²) in [6, 6.07) is 10.2. The van der Waals surface area contributed by atoms with Gasteiger partial charge in [-0.3, -0.25) is 19.5 Å². The zero-order valence-electron chi connectivity index (χ0n) is 19.6. The Hall–Kier alpha value is -3.39. The summed E-state index contributed by atoms with van der Waals surface area (Å²) in [6.45, 7) is 9.25. The number of nitrogens with one attached hydrogen (secondary N) is 1. The minimum absolute atomic E-state index is 0.00398. The number of benzene rings is 1. The van der Waals surface area contributed by atoms with Gasteiger partial charge in [0.15, 0.2) is 5.65 Å². The molecular weight excluding hydrogens is 416 g/mol. The Morgan fingerprint density at radius 2 is 2.03 bits per heavy atom. The van der Waals surface area contributed by atoms with Crippen molar-refractivity contribution in [2.75, 3.05) is 13.7 Å². The van der Waals surface area contributed by atoms with E-state index in [1.54, 1.807) is 17.8 Å². The Balaban J connectivity index is 1.40. The van der Waals surface area contributed by atoms with Gasteiger partial charge >= 0.3 is 0 Å². The lowest BCUT2D eigenvalue weighted by Gasteiger charge is -2.27. The van der Waals surface area contributed by atoms with Crippen LogP contribution in [0.2, 0.25) is 0 Å². The standard InChI is InChI=1S/C25H30N6O2/c1-25(2,3)22-13-23-27-20-8-11-29(16-19(20)24(32)31(23)28-22)14-17-6-7-21(33-4)18(12-17)15-30-10-5-9-26-30/h5-7,9-10,12-13,28H,8,11,14-16H2,1-4H3. The maximum absolute atomic E-state index is 13.3. The van der Waals surface area contributed by atoms with E-state index in [2.05, 4.69) is 48.0 Å². The molecule has 1 N–H and O–H groups in total. The first-order valence-corrected chi connectivity index (χ1v) is 11.3. The molecule has 33 heavy (non-hydrogen) atoms. The van der Waals surface area contributed by atoms with Crippen LogP contribution in [-0.2, 0) is 31.5 Å². The molecule has 0 saturated heterocycles. The maximum atomic E-state index is 13.3. The van der Waals surface area contributed by atoms with Gasteiger partial charge in [0.1, 0.15) is 5.75 Å². The lowest BCUT2D eigenvalue weighted by Crippen LogP contribution is -2.36. The van der Waals surface area contributed by atoms with Crippen molar-refractivity contribution in [2.24, 2.45) is 0 Å². The molecule has 4 aromatic rings. The predicted octanol–water partition coefficient (Wildman–Crippen LogP) is 3.13. The summed E-state index contributed by atoms with van der Waals surface area (Å²) in [4.78, 5) is 20.4. The molecule has 0 saturated carbocycles. The number of hydrogen-bond acceptors (Lipinski definition) is 5. The molecular formula is C25H30N6O2.